The summed E-state index contributed by atoms with van der Waals surface area (Å²) in [5, 5.41) is 14.8. The highest BCUT2D eigenvalue weighted by Crippen LogP contribution is 2.16. The molecule has 0 spiro atoms. The normalized spacial score (nSPS) is 9.89. The molecule has 1 heterocycles. The van der Waals surface area contributed by atoms with Crippen LogP contribution >= 0.6 is 0 Å². The van der Waals surface area contributed by atoms with E-state index in [1.165, 1.54) is 31.4 Å². The minimum Gasteiger partial charge on any atom is -0.463 e. The summed E-state index contributed by atoms with van der Waals surface area (Å²) in [4.78, 5) is 35.0. The summed E-state index contributed by atoms with van der Waals surface area (Å²) in [6.07, 6.45) is 0. The van der Waals surface area contributed by atoms with Gasteiger partial charge in [-0.1, -0.05) is 32.0 Å². The van der Waals surface area contributed by atoms with Gasteiger partial charge in [0.15, 0.2) is 0 Å². The lowest BCUT2D eigenvalue weighted by atomic mass is 10.3. The summed E-state index contributed by atoms with van der Waals surface area (Å²) in [6, 6.07) is 13.8. The molecule has 0 aliphatic heterocycles. The smallest absolute Gasteiger partial charge is 0.376 e. The van der Waals surface area contributed by atoms with Gasteiger partial charge in [0, 0.05) is 12.1 Å². The first-order chi connectivity index (χ1) is 13.0. The molecule has 0 amide bonds. The van der Waals surface area contributed by atoms with Crippen molar-refractivity contribution in [1.29, 1.82) is 0 Å². The predicted molar refractivity (Wildman–Crippen MR) is 98.5 cm³/mol. The van der Waals surface area contributed by atoms with E-state index in [1.807, 2.05) is 13.8 Å². The Morgan fingerprint density at radius 3 is 2.15 bits per heavy atom. The van der Waals surface area contributed by atoms with Crippen LogP contribution in [0, 0.1) is 10.1 Å². The van der Waals surface area contributed by atoms with Crippen LogP contribution in [0.2, 0.25) is 0 Å². The highest BCUT2D eigenvalue weighted by Gasteiger charge is 2.23. The first kappa shape index (κ1) is 19.6. The Bertz CT molecular complexity index is 991. The quantitative estimate of drug-likeness (QED) is 0.397. The Kier molecular flexibility index (Phi) is 6.21. The Labute approximate surface area is 154 Å². The average molecular weight is 370 g/mol. The topological polar surface area (TPSA) is 109 Å². The molecule has 0 aliphatic carbocycles. The van der Waals surface area contributed by atoms with Gasteiger partial charge >= 0.3 is 11.7 Å². The van der Waals surface area contributed by atoms with Gasteiger partial charge in [0.1, 0.15) is 0 Å². The Morgan fingerprint density at radius 1 is 1.04 bits per heavy atom. The fourth-order valence-electron chi connectivity index (χ4n) is 2.28. The van der Waals surface area contributed by atoms with Crippen molar-refractivity contribution in [3.8, 4) is 11.4 Å². The SMILES string of the molecule is CC.COC(=O)c1nn(-c2ccccc2)c(=O)n1-c1ccc([N+](=O)[O-])cc1. The molecule has 0 atom stereocenters. The van der Waals surface area contributed by atoms with Gasteiger partial charge in [-0.3, -0.25) is 10.1 Å². The molecule has 140 valence electrons. The number of hydrogen-bond donors (Lipinski definition) is 0. The number of ether oxygens (including phenoxy) is 1. The maximum absolute atomic E-state index is 12.8. The molecule has 0 radical (unpaired) electrons. The fourth-order valence-corrected chi connectivity index (χ4v) is 2.28. The highest BCUT2D eigenvalue weighted by molar-refractivity contribution is 5.86. The lowest BCUT2D eigenvalue weighted by Gasteiger charge is -2.03. The number of aromatic nitrogens is 3. The standard InChI is InChI=1S/C16H12N4O5.C2H6/c1-25-15(21)14-17-19(12-5-3-2-4-6-12)16(22)18(14)11-7-9-13(10-8-11)20(23)24;1-2/h2-10H,1H3;1-2H3. The summed E-state index contributed by atoms with van der Waals surface area (Å²) < 4.78 is 6.79. The van der Waals surface area contributed by atoms with Crippen molar-refractivity contribution in [2.24, 2.45) is 0 Å². The van der Waals surface area contributed by atoms with Crippen LogP contribution in [0.15, 0.2) is 59.4 Å². The van der Waals surface area contributed by atoms with Crippen molar-refractivity contribution >= 4 is 11.7 Å². The molecule has 0 unspecified atom stereocenters. The molecule has 3 rings (SSSR count). The van der Waals surface area contributed by atoms with Crippen molar-refractivity contribution in [1.82, 2.24) is 14.3 Å². The predicted octanol–water partition coefficient (Wildman–Crippen LogP) is 2.74. The Balaban J connectivity index is 0.00000126. The molecular weight excluding hydrogens is 352 g/mol. The highest BCUT2D eigenvalue weighted by atomic mass is 16.6. The maximum atomic E-state index is 12.8. The van der Waals surface area contributed by atoms with E-state index >= 15 is 0 Å². The zero-order chi connectivity index (χ0) is 20.0. The number of rotatable bonds is 4. The number of nitro groups is 1. The van der Waals surface area contributed by atoms with E-state index in [2.05, 4.69) is 9.84 Å². The third-order valence-electron chi connectivity index (χ3n) is 3.47. The lowest BCUT2D eigenvalue weighted by Crippen LogP contribution is -2.24. The van der Waals surface area contributed by atoms with Gasteiger partial charge in [0.25, 0.3) is 5.69 Å². The third kappa shape index (κ3) is 3.92. The number of nitrogens with zero attached hydrogens (tertiary/aromatic N) is 4. The van der Waals surface area contributed by atoms with Crippen molar-refractivity contribution < 1.29 is 14.5 Å². The molecule has 0 aliphatic rings. The summed E-state index contributed by atoms with van der Waals surface area (Å²) in [7, 11) is 1.18. The van der Waals surface area contributed by atoms with Crippen molar-refractivity contribution in [2.45, 2.75) is 13.8 Å². The molecule has 27 heavy (non-hydrogen) atoms. The third-order valence-corrected chi connectivity index (χ3v) is 3.47. The number of para-hydroxylation sites is 1. The summed E-state index contributed by atoms with van der Waals surface area (Å²) in [6.45, 7) is 4.00. The van der Waals surface area contributed by atoms with Gasteiger partial charge in [-0.25, -0.2) is 14.2 Å². The zero-order valence-corrected chi connectivity index (χ0v) is 15.0. The van der Waals surface area contributed by atoms with E-state index in [0.717, 1.165) is 9.25 Å². The Morgan fingerprint density at radius 2 is 1.63 bits per heavy atom. The number of esters is 1. The largest absolute Gasteiger partial charge is 0.463 e. The van der Waals surface area contributed by atoms with Crippen molar-refractivity contribution in [3.63, 3.8) is 0 Å². The molecule has 0 saturated carbocycles. The van der Waals surface area contributed by atoms with Gasteiger partial charge in [-0.2, -0.15) is 4.68 Å². The maximum Gasteiger partial charge on any atom is 0.376 e. The van der Waals surface area contributed by atoms with Crippen LogP contribution in [-0.2, 0) is 4.74 Å². The minimum atomic E-state index is -0.801. The van der Waals surface area contributed by atoms with Crippen LogP contribution in [0.5, 0.6) is 0 Å². The zero-order valence-electron chi connectivity index (χ0n) is 15.0. The number of methoxy groups -OCH3 is 1. The van der Waals surface area contributed by atoms with E-state index in [4.69, 9.17) is 0 Å². The first-order valence-corrected chi connectivity index (χ1v) is 8.13. The summed E-state index contributed by atoms with van der Waals surface area (Å²) >= 11 is 0. The summed E-state index contributed by atoms with van der Waals surface area (Å²) in [5.41, 5.74) is 0.00353. The van der Waals surface area contributed by atoms with Crippen molar-refractivity contribution in [2.75, 3.05) is 7.11 Å². The van der Waals surface area contributed by atoms with Crippen LogP contribution in [-0.4, -0.2) is 32.3 Å². The second-order valence-corrected chi connectivity index (χ2v) is 4.95. The van der Waals surface area contributed by atoms with Gasteiger partial charge in [-0.15, -0.1) is 5.10 Å². The monoisotopic (exact) mass is 370 g/mol. The van der Waals surface area contributed by atoms with E-state index < -0.39 is 16.6 Å². The van der Waals surface area contributed by atoms with Crippen LogP contribution < -0.4 is 5.69 Å². The minimum absolute atomic E-state index is 0.133. The molecule has 3 aromatic rings. The molecule has 0 N–H and O–H groups in total. The molecule has 0 bridgehead atoms. The molecule has 0 saturated heterocycles. The molecular formula is C18H18N4O5. The number of non-ortho nitro benzene ring substituents is 1. The number of benzene rings is 2. The van der Waals surface area contributed by atoms with Crippen LogP contribution in [0.25, 0.3) is 11.4 Å². The first-order valence-electron chi connectivity index (χ1n) is 8.13. The average Bonchev–Trinajstić information content (AvgIpc) is 3.06. The Hall–Kier alpha value is -3.75. The molecule has 1 aromatic heterocycles. The van der Waals surface area contributed by atoms with E-state index in [0.29, 0.717) is 5.69 Å². The number of carbonyl (C=O) groups is 1. The summed E-state index contributed by atoms with van der Waals surface area (Å²) in [5.74, 6) is -1.03. The second-order valence-electron chi connectivity index (χ2n) is 4.95. The van der Waals surface area contributed by atoms with E-state index in [-0.39, 0.29) is 17.2 Å². The molecule has 0 fully saturated rings. The van der Waals surface area contributed by atoms with E-state index in [1.54, 1.807) is 30.3 Å². The second kappa shape index (κ2) is 8.56. The van der Waals surface area contributed by atoms with E-state index in [9.17, 15) is 19.7 Å². The number of carbonyl (C=O) groups excluding carboxylic acids is 1. The fraction of sp³-hybridized carbons (Fsp3) is 0.167. The number of nitro benzene ring substituents is 1. The molecule has 9 heteroatoms. The molecule has 2 aromatic carbocycles. The van der Waals surface area contributed by atoms with Crippen LogP contribution in [0.3, 0.4) is 0 Å². The number of hydrogen-bond acceptors (Lipinski definition) is 6. The van der Waals surface area contributed by atoms with Crippen LogP contribution in [0.1, 0.15) is 24.5 Å². The van der Waals surface area contributed by atoms with Gasteiger partial charge in [-0.05, 0) is 24.3 Å². The van der Waals surface area contributed by atoms with Gasteiger partial charge < -0.3 is 4.74 Å². The van der Waals surface area contributed by atoms with Crippen molar-refractivity contribution in [3.05, 3.63) is 81.0 Å². The van der Waals surface area contributed by atoms with Crippen LogP contribution in [0.4, 0.5) is 5.69 Å². The lowest BCUT2D eigenvalue weighted by molar-refractivity contribution is -0.384. The molecule has 9 nitrogen and oxygen atoms in total. The van der Waals surface area contributed by atoms with Gasteiger partial charge in [0.05, 0.1) is 23.4 Å². The van der Waals surface area contributed by atoms with Gasteiger partial charge in [0.2, 0.25) is 5.82 Å².